The van der Waals surface area contributed by atoms with Crippen LogP contribution in [0.5, 0.6) is 5.75 Å². The molecule has 0 saturated carbocycles. The maximum absolute atomic E-state index is 13.9. The first-order chi connectivity index (χ1) is 18.8. The molecule has 0 aliphatic carbocycles. The van der Waals surface area contributed by atoms with Crippen molar-refractivity contribution in [2.24, 2.45) is 4.99 Å². The van der Waals surface area contributed by atoms with Gasteiger partial charge in [0, 0.05) is 54.7 Å². The van der Waals surface area contributed by atoms with Gasteiger partial charge in [0.2, 0.25) is 5.90 Å². The molecule has 2 N–H and O–H groups in total. The minimum Gasteiger partial charge on any atom is -0.494 e. The fraction of sp³-hybridized carbons (Fsp3) is 0.267. The zero-order chi connectivity index (χ0) is 27.8. The van der Waals surface area contributed by atoms with E-state index in [1.54, 1.807) is 49.4 Å². The zero-order valence-corrected chi connectivity index (χ0v) is 23.3. The van der Waals surface area contributed by atoms with Crippen LogP contribution in [-0.4, -0.2) is 54.8 Å². The number of aliphatic hydroxyl groups is 1. The van der Waals surface area contributed by atoms with E-state index in [9.17, 15) is 4.79 Å². The van der Waals surface area contributed by atoms with Gasteiger partial charge in [-0.1, -0.05) is 71.8 Å². The van der Waals surface area contributed by atoms with Gasteiger partial charge in [-0.2, -0.15) is 0 Å². The van der Waals surface area contributed by atoms with Crippen molar-refractivity contribution in [3.05, 3.63) is 106 Å². The van der Waals surface area contributed by atoms with Crippen LogP contribution >= 0.6 is 23.2 Å². The second-order valence-electron chi connectivity index (χ2n) is 9.31. The maximum atomic E-state index is 13.9. The number of rotatable bonds is 11. The molecule has 1 aliphatic rings. The summed E-state index contributed by atoms with van der Waals surface area (Å²) in [4.78, 5) is 18.8. The largest absolute Gasteiger partial charge is 0.494 e. The smallest absolute Gasteiger partial charge is 0.266 e. The zero-order valence-electron chi connectivity index (χ0n) is 21.8. The number of hydrogen-bond acceptors (Lipinski definition) is 6. The Morgan fingerprint density at radius 1 is 1.13 bits per heavy atom. The quantitative estimate of drug-likeness (QED) is 0.229. The number of ether oxygens (including phenoxy) is 2. The molecule has 3 aromatic carbocycles. The van der Waals surface area contributed by atoms with E-state index in [-0.39, 0.29) is 18.9 Å². The first-order valence-electron chi connectivity index (χ1n) is 12.6. The Kier molecular flexibility index (Phi) is 9.64. The van der Waals surface area contributed by atoms with E-state index in [1.807, 2.05) is 54.6 Å². The van der Waals surface area contributed by atoms with Crippen LogP contribution in [0.25, 0.3) is 6.08 Å². The van der Waals surface area contributed by atoms with Crippen LogP contribution in [0.2, 0.25) is 10.0 Å². The molecule has 0 spiro atoms. The van der Waals surface area contributed by atoms with E-state index in [0.29, 0.717) is 45.8 Å². The Hall–Kier alpha value is -3.36. The third kappa shape index (κ3) is 6.99. The summed E-state index contributed by atoms with van der Waals surface area (Å²) < 4.78 is 12.1. The van der Waals surface area contributed by atoms with Crippen LogP contribution in [0.15, 0.2) is 83.9 Å². The number of aliphatic imine (C=N–C) groups is 1. The molecule has 204 valence electrons. The molecule has 7 nitrogen and oxygen atoms in total. The standard InChI is InChI=1S/C30H31Cl2N3O4/c1-35(2)34-29(37)30(17-6-10-21-8-4-3-5-9-21)27(25-16-13-23(31)20-26(25)32)39-28(33-30)22-11-14-24(15-12-22)38-19-7-18-36/h3-6,8-16,20,27,36H,7,17-19H2,1-2H3,(H,34,37)/b10-6+/t27-,30-/m0/s1. The summed E-state index contributed by atoms with van der Waals surface area (Å²) in [5.41, 5.74) is 3.81. The van der Waals surface area contributed by atoms with Gasteiger partial charge in [-0.25, -0.2) is 10.0 Å². The van der Waals surface area contributed by atoms with Crippen LogP contribution < -0.4 is 10.2 Å². The van der Waals surface area contributed by atoms with Crippen molar-refractivity contribution in [3.63, 3.8) is 0 Å². The van der Waals surface area contributed by atoms with Gasteiger partial charge in [0.05, 0.1) is 6.61 Å². The molecule has 0 bridgehead atoms. The molecule has 39 heavy (non-hydrogen) atoms. The minimum absolute atomic E-state index is 0.0627. The molecule has 3 aromatic rings. The lowest BCUT2D eigenvalue weighted by molar-refractivity contribution is -0.132. The number of hydrazine groups is 1. The van der Waals surface area contributed by atoms with Crippen molar-refractivity contribution in [3.8, 4) is 5.75 Å². The first-order valence-corrected chi connectivity index (χ1v) is 13.3. The lowest BCUT2D eigenvalue weighted by atomic mass is 9.84. The highest BCUT2D eigenvalue weighted by molar-refractivity contribution is 6.35. The van der Waals surface area contributed by atoms with E-state index in [4.69, 9.17) is 42.8 Å². The summed E-state index contributed by atoms with van der Waals surface area (Å²) >= 11 is 12.8. The fourth-order valence-electron chi connectivity index (χ4n) is 4.25. The summed E-state index contributed by atoms with van der Waals surface area (Å²) in [7, 11) is 3.48. The van der Waals surface area contributed by atoms with Gasteiger partial charge in [0.25, 0.3) is 5.91 Å². The van der Waals surface area contributed by atoms with Crippen molar-refractivity contribution in [1.29, 1.82) is 0 Å². The third-order valence-electron chi connectivity index (χ3n) is 6.14. The summed E-state index contributed by atoms with van der Waals surface area (Å²) in [5.74, 6) is 0.639. The van der Waals surface area contributed by atoms with Crippen LogP contribution in [0.4, 0.5) is 0 Å². The molecule has 4 rings (SSSR count). The van der Waals surface area contributed by atoms with Crippen molar-refractivity contribution < 1.29 is 19.4 Å². The predicted octanol–water partition coefficient (Wildman–Crippen LogP) is 5.71. The number of carbonyl (C=O) groups is 1. The Balaban J connectivity index is 1.76. The average Bonchev–Trinajstić information content (AvgIpc) is 3.30. The van der Waals surface area contributed by atoms with Crippen LogP contribution in [0.3, 0.4) is 0 Å². The Morgan fingerprint density at radius 3 is 2.54 bits per heavy atom. The highest BCUT2D eigenvalue weighted by Crippen LogP contribution is 2.45. The number of carbonyl (C=O) groups excluding carboxylic acids is 1. The van der Waals surface area contributed by atoms with Crippen LogP contribution in [-0.2, 0) is 9.53 Å². The molecule has 0 saturated heterocycles. The number of aliphatic hydroxyl groups excluding tert-OH is 1. The van der Waals surface area contributed by atoms with Gasteiger partial charge in [0.15, 0.2) is 11.6 Å². The predicted molar refractivity (Wildman–Crippen MR) is 155 cm³/mol. The normalized spacial score (nSPS) is 18.7. The summed E-state index contributed by atoms with van der Waals surface area (Å²) in [6, 6.07) is 22.2. The number of nitrogens with zero attached hydrogens (tertiary/aromatic N) is 2. The molecular weight excluding hydrogens is 537 g/mol. The van der Waals surface area contributed by atoms with Gasteiger partial charge in [0.1, 0.15) is 5.75 Å². The SMILES string of the molecule is CN(C)NC(=O)[C@@]1(C/C=C/c2ccccc2)N=C(c2ccc(OCCCO)cc2)O[C@H]1c1ccc(Cl)cc1Cl. The second-order valence-corrected chi connectivity index (χ2v) is 10.2. The van der Waals surface area contributed by atoms with Crippen molar-refractivity contribution in [2.45, 2.75) is 24.5 Å². The van der Waals surface area contributed by atoms with Gasteiger partial charge in [-0.3, -0.25) is 10.2 Å². The molecule has 0 radical (unpaired) electrons. The van der Waals surface area contributed by atoms with E-state index < -0.39 is 11.6 Å². The summed E-state index contributed by atoms with van der Waals surface area (Å²) in [6.07, 6.45) is 3.85. The molecule has 1 heterocycles. The van der Waals surface area contributed by atoms with E-state index in [2.05, 4.69) is 5.43 Å². The summed E-state index contributed by atoms with van der Waals surface area (Å²) in [5, 5.41) is 11.4. The number of halogens is 2. The lowest BCUT2D eigenvalue weighted by Crippen LogP contribution is -2.52. The number of amides is 1. The van der Waals surface area contributed by atoms with Gasteiger partial charge in [-0.05, 0) is 42.0 Å². The second kappa shape index (κ2) is 13.1. The highest BCUT2D eigenvalue weighted by atomic mass is 35.5. The topological polar surface area (TPSA) is 83.4 Å². The van der Waals surface area contributed by atoms with E-state index in [0.717, 1.165) is 5.56 Å². The molecule has 1 amide bonds. The molecular formula is C30H31Cl2N3O4. The minimum atomic E-state index is -1.36. The molecule has 0 unspecified atom stereocenters. The number of benzene rings is 3. The van der Waals surface area contributed by atoms with Crippen molar-refractivity contribution >= 4 is 41.1 Å². The van der Waals surface area contributed by atoms with E-state index >= 15 is 0 Å². The maximum Gasteiger partial charge on any atom is 0.266 e. The van der Waals surface area contributed by atoms with Gasteiger partial charge in [-0.15, -0.1) is 0 Å². The van der Waals surface area contributed by atoms with Crippen molar-refractivity contribution in [1.82, 2.24) is 10.4 Å². The van der Waals surface area contributed by atoms with Crippen LogP contribution in [0, 0.1) is 0 Å². The Labute approximate surface area is 238 Å². The summed E-state index contributed by atoms with van der Waals surface area (Å²) in [6.45, 7) is 0.471. The number of hydrogen-bond donors (Lipinski definition) is 2. The van der Waals surface area contributed by atoms with Crippen molar-refractivity contribution in [2.75, 3.05) is 27.3 Å². The molecule has 0 fully saturated rings. The average molecular weight is 569 g/mol. The first kappa shape index (κ1) is 28.6. The highest BCUT2D eigenvalue weighted by Gasteiger charge is 2.53. The molecule has 0 aromatic heterocycles. The molecule has 2 atom stereocenters. The lowest BCUT2D eigenvalue weighted by Gasteiger charge is -2.31. The molecule has 1 aliphatic heterocycles. The van der Waals surface area contributed by atoms with E-state index in [1.165, 1.54) is 0 Å². The molecule has 9 heteroatoms. The number of nitrogens with one attached hydrogen (secondary N) is 1. The fourth-order valence-corrected chi connectivity index (χ4v) is 4.75. The van der Waals surface area contributed by atoms with Gasteiger partial charge >= 0.3 is 0 Å². The van der Waals surface area contributed by atoms with Gasteiger partial charge < -0.3 is 14.6 Å². The third-order valence-corrected chi connectivity index (χ3v) is 6.70. The Morgan fingerprint density at radius 2 is 1.87 bits per heavy atom. The van der Waals surface area contributed by atoms with Crippen LogP contribution in [0.1, 0.15) is 35.6 Å². The monoisotopic (exact) mass is 567 g/mol. The Bertz CT molecular complexity index is 1330.